The maximum Gasteiger partial charge on any atom is 0.257 e. The molecule has 3 aromatic rings. The van der Waals surface area contributed by atoms with E-state index in [0.29, 0.717) is 10.7 Å². The summed E-state index contributed by atoms with van der Waals surface area (Å²) >= 11 is 7.61. The third-order valence-electron chi connectivity index (χ3n) is 2.90. The van der Waals surface area contributed by atoms with Gasteiger partial charge in [0.1, 0.15) is 5.75 Å². The summed E-state index contributed by atoms with van der Waals surface area (Å²) in [5, 5.41) is 15.6. The molecule has 1 amide bonds. The molecule has 3 rings (SSSR count). The number of phenols is 1. The zero-order valence-corrected chi connectivity index (χ0v) is 11.8. The monoisotopic (exact) mass is 303 g/mol. The molecule has 0 bridgehead atoms. The van der Waals surface area contributed by atoms with E-state index in [1.165, 1.54) is 22.9 Å². The van der Waals surface area contributed by atoms with Crippen LogP contribution in [0.5, 0.6) is 5.75 Å². The number of amides is 1. The molecule has 0 aliphatic heterocycles. The number of thiophene rings is 1. The molecule has 0 saturated heterocycles. The minimum Gasteiger partial charge on any atom is -0.508 e. The van der Waals surface area contributed by atoms with Gasteiger partial charge in [-0.25, -0.2) is 0 Å². The molecule has 3 nitrogen and oxygen atoms in total. The molecule has 0 saturated carbocycles. The topological polar surface area (TPSA) is 49.3 Å². The predicted octanol–water partition coefficient (Wildman–Crippen LogP) is 4.51. The Bertz CT molecular complexity index is 797. The maximum absolute atomic E-state index is 12.2. The van der Waals surface area contributed by atoms with Crippen LogP contribution in [0.1, 0.15) is 10.4 Å². The van der Waals surface area contributed by atoms with Gasteiger partial charge >= 0.3 is 0 Å². The summed E-state index contributed by atoms with van der Waals surface area (Å²) in [7, 11) is 0. The zero-order valence-electron chi connectivity index (χ0n) is 10.3. The number of rotatable bonds is 2. The number of aromatic hydroxyl groups is 1. The molecule has 2 N–H and O–H groups in total. The van der Waals surface area contributed by atoms with Gasteiger partial charge in [0.15, 0.2) is 0 Å². The molecule has 0 spiro atoms. The highest BCUT2D eigenvalue weighted by Crippen LogP contribution is 2.26. The number of nitrogens with one attached hydrogen (secondary N) is 1. The van der Waals surface area contributed by atoms with Crippen LogP contribution in [-0.2, 0) is 0 Å². The van der Waals surface area contributed by atoms with Crippen LogP contribution in [0.25, 0.3) is 10.1 Å². The largest absolute Gasteiger partial charge is 0.508 e. The lowest BCUT2D eigenvalue weighted by Crippen LogP contribution is -2.12. The third kappa shape index (κ3) is 2.48. The summed E-state index contributed by atoms with van der Waals surface area (Å²) in [4.78, 5) is 12.2. The first kappa shape index (κ1) is 13.0. The van der Waals surface area contributed by atoms with Crippen molar-refractivity contribution in [2.75, 3.05) is 5.32 Å². The fraction of sp³-hybridized carbons (Fsp3) is 0. The lowest BCUT2D eigenvalue weighted by molar-refractivity contribution is 0.102. The standard InChI is InChI=1S/C15H10ClNO2S/c16-13-3-2-11(18)8-12(13)15(19)17-10-1-4-14-9(7-10)5-6-20-14/h1-8,18H,(H,17,19). The van der Waals surface area contributed by atoms with E-state index in [2.05, 4.69) is 5.32 Å². The third-order valence-corrected chi connectivity index (χ3v) is 4.13. The molecule has 2 aromatic carbocycles. The molecule has 100 valence electrons. The number of halogens is 1. The van der Waals surface area contributed by atoms with E-state index in [9.17, 15) is 9.90 Å². The van der Waals surface area contributed by atoms with Gasteiger partial charge in [0.05, 0.1) is 10.6 Å². The molecular weight excluding hydrogens is 294 g/mol. The second-order valence-corrected chi connectivity index (χ2v) is 5.65. The van der Waals surface area contributed by atoms with Crippen LogP contribution in [0.3, 0.4) is 0 Å². The van der Waals surface area contributed by atoms with Crippen molar-refractivity contribution in [3.05, 3.63) is 58.4 Å². The molecule has 0 aliphatic carbocycles. The number of benzene rings is 2. The number of hydrogen-bond donors (Lipinski definition) is 2. The molecule has 20 heavy (non-hydrogen) atoms. The highest BCUT2D eigenvalue weighted by molar-refractivity contribution is 7.17. The van der Waals surface area contributed by atoms with Crippen LogP contribution < -0.4 is 5.32 Å². The molecule has 0 aliphatic rings. The van der Waals surface area contributed by atoms with Crippen molar-refractivity contribution in [1.29, 1.82) is 0 Å². The Morgan fingerprint density at radius 1 is 1.15 bits per heavy atom. The van der Waals surface area contributed by atoms with Gasteiger partial charge in [0.2, 0.25) is 0 Å². The van der Waals surface area contributed by atoms with Crippen LogP contribution in [0.4, 0.5) is 5.69 Å². The fourth-order valence-corrected chi connectivity index (χ4v) is 2.90. The van der Waals surface area contributed by atoms with Gasteiger partial charge in [-0.2, -0.15) is 0 Å². The Balaban J connectivity index is 1.89. The Morgan fingerprint density at radius 3 is 2.85 bits per heavy atom. The lowest BCUT2D eigenvalue weighted by Gasteiger charge is -2.07. The van der Waals surface area contributed by atoms with Crippen LogP contribution >= 0.6 is 22.9 Å². The lowest BCUT2D eigenvalue weighted by atomic mass is 10.2. The highest BCUT2D eigenvalue weighted by Gasteiger charge is 2.11. The highest BCUT2D eigenvalue weighted by atomic mass is 35.5. The van der Waals surface area contributed by atoms with Crippen molar-refractivity contribution < 1.29 is 9.90 Å². The second-order valence-electron chi connectivity index (χ2n) is 4.29. The van der Waals surface area contributed by atoms with Gasteiger partial charge in [0, 0.05) is 10.4 Å². The Morgan fingerprint density at radius 2 is 2.00 bits per heavy atom. The molecule has 1 heterocycles. The van der Waals surface area contributed by atoms with Gasteiger partial charge < -0.3 is 10.4 Å². The number of phenolic OH excluding ortho intramolecular Hbond substituents is 1. The fourth-order valence-electron chi connectivity index (χ4n) is 1.93. The summed E-state index contributed by atoms with van der Waals surface area (Å²) in [6.45, 7) is 0. The van der Waals surface area contributed by atoms with E-state index in [-0.39, 0.29) is 17.2 Å². The van der Waals surface area contributed by atoms with Crippen LogP contribution in [0.2, 0.25) is 5.02 Å². The molecule has 0 radical (unpaired) electrons. The van der Waals surface area contributed by atoms with Crippen molar-refractivity contribution in [1.82, 2.24) is 0 Å². The molecule has 0 fully saturated rings. The molecule has 0 unspecified atom stereocenters. The number of carbonyl (C=O) groups is 1. The molecular formula is C15H10ClNO2S. The first-order chi connectivity index (χ1) is 9.63. The average Bonchev–Trinajstić information content (AvgIpc) is 2.89. The van der Waals surface area contributed by atoms with E-state index < -0.39 is 0 Å². The minimum absolute atomic E-state index is 0.00726. The van der Waals surface area contributed by atoms with Gasteiger partial charge in [0.25, 0.3) is 5.91 Å². The summed E-state index contributed by atoms with van der Waals surface area (Å²) in [5.41, 5.74) is 0.942. The number of hydrogen-bond acceptors (Lipinski definition) is 3. The minimum atomic E-state index is -0.347. The van der Waals surface area contributed by atoms with Crippen molar-refractivity contribution >= 4 is 44.6 Å². The van der Waals surface area contributed by atoms with Crippen LogP contribution in [0.15, 0.2) is 47.8 Å². The van der Waals surface area contributed by atoms with Crippen molar-refractivity contribution in [3.8, 4) is 5.75 Å². The van der Waals surface area contributed by atoms with Crippen molar-refractivity contribution in [2.45, 2.75) is 0 Å². The Hall–Kier alpha value is -2.04. The molecule has 0 atom stereocenters. The van der Waals surface area contributed by atoms with E-state index in [1.807, 2.05) is 29.6 Å². The van der Waals surface area contributed by atoms with E-state index in [0.717, 1.165) is 5.39 Å². The average molecular weight is 304 g/mol. The maximum atomic E-state index is 12.2. The summed E-state index contributed by atoms with van der Waals surface area (Å²) in [6, 6.07) is 12.0. The molecule has 5 heteroatoms. The number of carbonyl (C=O) groups excluding carboxylic acids is 1. The second kappa shape index (κ2) is 5.15. The van der Waals surface area contributed by atoms with Gasteiger partial charge in [-0.1, -0.05) is 11.6 Å². The zero-order chi connectivity index (χ0) is 14.1. The van der Waals surface area contributed by atoms with Crippen molar-refractivity contribution in [2.24, 2.45) is 0 Å². The van der Waals surface area contributed by atoms with Gasteiger partial charge in [-0.15, -0.1) is 11.3 Å². The van der Waals surface area contributed by atoms with E-state index >= 15 is 0 Å². The SMILES string of the molecule is O=C(Nc1ccc2sccc2c1)c1cc(O)ccc1Cl. The van der Waals surface area contributed by atoms with Gasteiger partial charge in [-0.3, -0.25) is 4.79 Å². The number of anilines is 1. The van der Waals surface area contributed by atoms with Crippen molar-refractivity contribution in [3.63, 3.8) is 0 Å². The number of fused-ring (bicyclic) bond motifs is 1. The summed E-state index contributed by atoms with van der Waals surface area (Å²) < 4.78 is 1.17. The first-order valence-electron chi connectivity index (χ1n) is 5.90. The van der Waals surface area contributed by atoms with Crippen LogP contribution in [0, 0.1) is 0 Å². The summed E-state index contributed by atoms with van der Waals surface area (Å²) in [6.07, 6.45) is 0. The quantitative estimate of drug-likeness (QED) is 0.731. The van der Waals surface area contributed by atoms with E-state index in [4.69, 9.17) is 11.6 Å². The predicted molar refractivity (Wildman–Crippen MR) is 82.9 cm³/mol. The van der Waals surface area contributed by atoms with E-state index in [1.54, 1.807) is 11.3 Å². The normalized spacial score (nSPS) is 10.7. The van der Waals surface area contributed by atoms with Gasteiger partial charge in [-0.05, 0) is 53.2 Å². The Labute approximate surface area is 124 Å². The Kier molecular flexibility index (Phi) is 3.34. The van der Waals surface area contributed by atoms with Crippen LogP contribution in [-0.4, -0.2) is 11.0 Å². The smallest absolute Gasteiger partial charge is 0.257 e. The molecule has 1 aromatic heterocycles. The summed E-state index contributed by atoms with van der Waals surface area (Å²) in [5.74, 6) is -0.340. The first-order valence-corrected chi connectivity index (χ1v) is 7.16.